The summed E-state index contributed by atoms with van der Waals surface area (Å²) in [4.78, 5) is 5.34. The molecule has 2 fully saturated rings. The van der Waals surface area contributed by atoms with Crippen LogP contribution in [-0.4, -0.2) is 37.1 Å². The summed E-state index contributed by atoms with van der Waals surface area (Å²) in [6, 6.07) is 9.56. The van der Waals surface area contributed by atoms with Gasteiger partial charge in [-0.1, -0.05) is 58.0 Å². The number of anilines is 1. The fourth-order valence-electron chi connectivity index (χ4n) is 5.82. The Balaban J connectivity index is 0.00000210. The van der Waals surface area contributed by atoms with E-state index < -0.39 is 0 Å². The zero-order chi connectivity index (χ0) is 25.6. The molecular formula is C32H51N3. The van der Waals surface area contributed by atoms with Gasteiger partial charge in [-0.3, -0.25) is 0 Å². The third kappa shape index (κ3) is 7.91. The van der Waals surface area contributed by atoms with Gasteiger partial charge in [-0.15, -0.1) is 12.3 Å². The molecule has 2 saturated heterocycles. The number of allylic oxidation sites excluding steroid dienone is 4. The molecule has 3 heteroatoms. The minimum Gasteiger partial charge on any atom is -0.375 e. The molecule has 1 aromatic carbocycles. The number of terminal acetylenes is 1. The SMILES string of the molecule is C#CCCC(C)c1ccccc1N(/C(C)=C\CC)C1CCN(/C(=C\C)C2CCNCC2)CC1.CC. The summed E-state index contributed by atoms with van der Waals surface area (Å²) in [6.07, 6.45) is 18.2. The molecule has 0 spiro atoms. The van der Waals surface area contributed by atoms with Crippen molar-refractivity contribution in [3.05, 3.63) is 53.4 Å². The van der Waals surface area contributed by atoms with Gasteiger partial charge in [0.15, 0.2) is 0 Å². The predicted octanol–water partition coefficient (Wildman–Crippen LogP) is 7.72. The Morgan fingerprint density at radius 2 is 1.83 bits per heavy atom. The Labute approximate surface area is 217 Å². The summed E-state index contributed by atoms with van der Waals surface area (Å²) in [5.41, 5.74) is 5.79. The molecule has 0 bridgehead atoms. The minimum atomic E-state index is 0.462. The molecule has 1 N–H and O–H groups in total. The van der Waals surface area contributed by atoms with E-state index in [4.69, 9.17) is 6.42 Å². The van der Waals surface area contributed by atoms with Crippen molar-refractivity contribution in [3.8, 4) is 12.3 Å². The monoisotopic (exact) mass is 477 g/mol. The lowest BCUT2D eigenvalue weighted by molar-refractivity contribution is 0.221. The van der Waals surface area contributed by atoms with Crippen molar-refractivity contribution in [3.63, 3.8) is 0 Å². The molecule has 2 heterocycles. The number of hydrogen-bond acceptors (Lipinski definition) is 3. The average Bonchev–Trinajstić information content (AvgIpc) is 2.91. The molecule has 35 heavy (non-hydrogen) atoms. The lowest BCUT2D eigenvalue weighted by atomic mass is 9.90. The summed E-state index contributed by atoms with van der Waals surface area (Å²) in [6.45, 7) is 17.7. The van der Waals surface area contributed by atoms with E-state index in [1.165, 1.54) is 42.6 Å². The highest BCUT2D eigenvalue weighted by molar-refractivity contribution is 5.60. The van der Waals surface area contributed by atoms with Gasteiger partial charge in [-0.2, -0.15) is 0 Å². The summed E-state index contributed by atoms with van der Waals surface area (Å²) in [5, 5.41) is 3.52. The second-order valence-electron chi connectivity index (χ2n) is 9.78. The van der Waals surface area contributed by atoms with E-state index in [2.05, 4.69) is 85.1 Å². The molecule has 194 valence electrons. The van der Waals surface area contributed by atoms with E-state index in [0.717, 1.165) is 51.4 Å². The normalized spacial score (nSPS) is 18.9. The number of hydrogen-bond donors (Lipinski definition) is 1. The molecule has 0 aromatic heterocycles. The van der Waals surface area contributed by atoms with Crippen molar-refractivity contribution in [2.24, 2.45) is 5.92 Å². The Hall–Kier alpha value is -2.18. The predicted molar refractivity (Wildman–Crippen MR) is 155 cm³/mol. The van der Waals surface area contributed by atoms with Crippen LogP contribution < -0.4 is 10.2 Å². The summed E-state index contributed by atoms with van der Waals surface area (Å²) in [5.74, 6) is 4.02. The molecule has 3 rings (SSSR count). The van der Waals surface area contributed by atoms with Crippen LogP contribution in [0.15, 0.2) is 47.8 Å². The van der Waals surface area contributed by atoms with Gasteiger partial charge >= 0.3 is 0 Å². The van der Waals surface area contributed by atoms with Crippen LogP contribution >= 0.6 is 0 Å². The van der Waals surface area contributed by atoms with Gasteiger partial charge in [-0.25, -0.2) is 0 Å². The third-order valence-corrected chi connectivity index (χ3v) is 7.58. The molecule has 0 aliphatic carbocycles. The van der Waals surface area contributed by atoms with Crippen LogP contribution in [0.5, 0.6) is 0 Å². The lowest BCUT2D eigenvalue weighted by Crippen LogP contribution is -2.45. The number of likely N-dealkylation sites (tertiary alicyclic amines) is 1. The van der Waals surface area contributed by atoms with E-state index in [1.54, 1.807) is 5.70 Å². The van der Waals surface area contributed by atoms with Crippen molar-refractivity contribution < 1.29 is 0 Å². The van der Waals surface area contributed by atoms with Crippen molar-refractivity contribution in [2.45, 2.75) is 98.4 Å². The van der Waals surface area contributed by atoms with Crippen molar-refractivity contribution in [2.75, 3.05) is 31.1 Å². The standard InChI is InChI=1S/C30H45N3.C2H6/c1-6-9-13-24(4)28-14-10-11-15-30(28)33(25(5)12-7-2)27-18-22-32(23-19-27)29(8-3)26-16-20-31-21-17-26;1-2/h1,8,10-12,14-15,24,26-27,31H,7,9,13,16-23H2,2-5H3;1-2H3/b25-12-,29-8-;. The zero-order valence-electron chi connectivity index (χ0n) is 23.4. The van der Waals surface area contributed by atoms with Gasteiger partial charge in [0.1, 0.15) is 0 Å². The molecular weight excluding hydrogens is 426 g/mol. The van der Waals surface area contributed by atoms with Gasteiger partial charge in [0, 0.05) is 48.6 Å². The van der Waals surface area contributed by atoms with E-state index in [0.29, 0.717) is 12.0 Å². The van der Waals surface area contributed by atoms with E-state index >= 15 is 0 Å². The van der Waals surface area contributed by atoms with Gasteiger partial charge in [-0.05, 0) is 83.0 Å². The maximum Gasteiger partial charge on any atom is 0.0445 e. The highest BCUT2D eigenvalue weighted by Crippen LogP contribution is 2.37. The molecule has 2 aliphatic heterocycles. The first-order valence-corrected chi connectivity index (χ1v) is 14.2. The summed E-state index contributed by atoms with van der Waals surface area (Å²) >= 11 is 0. The fraction of sp³-hybridized carbons (Fsp3) is 0.625. The molecule has 2 aliphatic rings. The smallest absolute Gasteiger partial charge is 0.0445 e. The number of benzene rings is 1. The first-order valence-electron chi connectivity index (χ1n) is 14.2. The molecule has 3 nitrogen and oxygen atoms in total. The largest absolute Gasteiger partial charge is 0.375 e. The van der Waals surface area contributed by atoms with Gasteiger partial charge in [0.25, 0.3) is 0 Å². The van der Waals surface area contributed by atoms with Crippen LogP contribution in [0.4, 0.5) is 5.69 Å². The van der Waals surface area contributed by atoms with Gasteiger partial charge < -0.3 is 15.1 Å². The van der Waals surface area contributed by atoms with Crippen LogP contribution in [0.2, 0.25) is 0 Å². The zero-order valence-corrected chi connectivity index (χ0v) is 23.4. The molecule has 0 radical (unpaired) electrons. The molecule has 1 atom stereocenters. The molecule has 0 saturated carbocycles. The number of nitrogens with one attached hydrogen (secondary N) is 1. The van der Waals surface area contributed by atoms with Crippen molar-refractivity contribution >= 4 is 5.69 Å². The molecule has 0 amide bonds. The summed E-state index contributed by atoms with van der Waals surface area (Å²) < 4.78 is 0. The van der Waals surface area contributed by atoms with Crippen LogP contribution in [-0.2, 0) is 0 Å². The first kappa shape index (κ1) is 29.1. The van der Waals surface area contributed by atoms with E-state index in [1.807, 2.05) is 13.8 Å². The Kier molecular flexibility index (Phi) is 13.1. The van der Waals surface area contributed by atoms with Crippen molar-refractivity contribution in [1.82, 2.24) is 10.2 Å². The number of nitrogens with zero attached hydrogens (tertiary/aromatic N) is 2. The fourth-order valence-corrected chi connectivity index (χ4v) is 5.82. The minimum absolute atomic E-state index is 0.462. The van der Waals surface area contributed by atoms with Crippen molar-refractivity contribution in [1.29, 1.82) is 0 Å². The summed E-state index contributed by atoms with van der Waals surface area (Å²) in [7, 11) is 0. The van der Waals surface area contributed by atoms with Crippen LogP contribution in [0.3, 0.4) is 0 Å². The quantitative estimate of drug-likeness (QED) is 0.367. The molecule has 1 unspecified atom stereocenters. The van der Waals surface area contributed by atoms with E-state index in [9.17, 15) is 0 Å². The van der Waals surface area contributed by atoms with E-state index in [-0.39, 0.29) is 0 Å². The van der Waals surface area contributed by atoms with Crippen LogP contribution in [0, 0.1) is 18.3 Å². The highest BCUT2D eigenvalue weighted by Gasteiger charge is 2.30. The Morgan fingerprint density at radius 1 is 1.17 bits per heavy atom. The van der Waals surface area contributed by atoms with Gasteiger partial charge in [0.05, 0.1) is 0 Å². The third-order valence-electron chi connectivity index (χ3n) is 7.58. The highest BCUT2D eigenvalue weighted by atomic mass is 15.2. The van der Waals surface area contributed by atoms with Crippen LogP contribution in [0.25, 0.3) is 0 Å². The first-order chi connectivity index (χ1) is 17.1. The Morgan fingerprint density at radius 3 is 2.43 bits per heavy atom. The topological polar surface area (TPSA) is 18.5 Å². The number of para-hydroxylation sites is 1. The average molecular weight is 478 g/mol. The lowest BCUT2D eigenvalue weighted by Gasteiger charge is -2.44. The number of piperidine rings is 2. The maximum atomic E-state index is 5.58. The second-order valence-corrected chi connectivity index (χ2v) is 9.78. The maximum absolute atomic E-state index is 5.58. The molecule has 1 aromatic rings. The van der Waals surface area contributed by atoms with Gasteiger partial charge in [0.2, 0.25) is 0 Å². The Bertz CT molecular complexity index is 833. The second kappa shape index (κ2) is 15.7. The van der Waals surface area contributed by atoms with Crippen LogP contribution in [0.1, 0.15) is 98.0 Å². The number of rotatable bonds is 9.